The number of aromatic nitrogens is 2. The fraction of sp³-hybridized carbons (Fsp3) is 0.133. The van der Waals surface area contributed by atoms with E-state index in [2.05, 4.69) is 4.98 Å². The van der Waals surface area contributed by atoms with Crippen molar-refractivity contribution >= 4 is 27.8 Å². The molecule has 0 aliphatic carbocycles. The molecule has 0 unspecified atom stereocenters. The highest BCUT2D eigenvalue weighted by atomic mass is 16.5. The lowest BCUT2D eigenvalue weighted by atomic mass is 10.1. The van der Waals surface area contributed by atoms with Crippen molar-refractivity contribution in [2.24, 2.45) is 0 Å². The number of hydrogen-bond donors (Lipinski definition) is 2. The van der Waals surface area contributed by atoms with Crippen LogP contribution in [-0.2, 0) is 4.74 Å². The van der Waals surface area contributed by atoms with Crippen LogP contribution < -0.4 is 10.2 Å². The molecule has 1 aromatic carbocycles. The summed E-state index contributed by atoms with van der Waals surface area (Å²) in [5.41, 5.74) is 0.466. The first-order valence-electron chi connectivity index (χ1n) is 6.48. The molecule has 2 aromatic heterocycles. The molecule has 21 heavy (non-hydrogen) atoms. The summed E-state index contributed by atoms with van der Waals surface area (Å²) in [5.74, 6) is -0.661. The van der Waals surface area contributed by atoms with E-state index in [9.17, 15) is 14.8 Å². The van der Waals surface area contributed by atoms with E-state index >= 15 is 0 Å². The van der Waals surface area contributed by atoms with Gasteiger partial charge in [0.2, 0.25) is 11.6 Å². The molecular formula is C15H13N2O4+. The van der Waals surface area contributed by atoms with Crippen molar-refractivity contribution < 1.29 is 19.5 Å². The van der Waals surface area contributed by atoms with Gasteiger partial charge >= 0.3 is 5.97 Å². The second-order valence-corrected chi connectivity index (χ2v) is 4.53. The van der Waals surface area contributed by atoms with Crippen LogP contribution >= 0.6 is 0 Å². The Kier molecular flexibility index (Phi) is 3.06. The van der Waals surface area contributed by atoms with Crippen molar-refractivity contribution in [3.8, 4) is 0 Å². The highest BCUT2D eigenvalue weighted by Crippen LogP contribution is 2.18. The lowest BCUT2D eigenvalue weighted by Crippen LogP contribution is -2.30. The molecule has 0 saturated carbocycles. The third-order valence-electron chi connectivity index (χ3n) is 3.29. The number of esters is 1. The van der Waals surface area contributed by atoms with Crippen LogP contribution in [0.2, 0.25) is 0 Å². The molecule has 106 valence electrons. The Labute approximate surface area is 119 Å². The van der Waals surface area contributed by atoms with Crippen molar-refractivity contribution in [2.75, 3.05) is 6.61 Å². The van der Waals surface area contributed by atoms with E-state index in [-0.39, 0.29) is 12.2 Å². The molecule has 2 heterocycles. The first-order chi connectivity index (χ1) is 10.1. The highest BCUT2D eigenvalue weighted by molar-refractivity contribution is 6.03. The molecule has 3 rings (SSSR count). The SMILES string of the molecule is CCOC(=O)c1c[nH]c2c(ccc3ccc[n+](O)c32)c1=O. The standard InChI is InChI=1S/C15H12N2O4/c1-2-21-15(19)11-8-16-12-10(14(11)18)6-5-9-4-3-7-17(20)13(9)12/h3-8H,2H2,1H3,(H-,16,18,19,20)/p+1. The Hall–Kier alpha value is -2.89. The number of aromatic amines is 1. The molecule has 3 aromatic rings. The van der Waals surface area contributed by atoms with Crippen molar-refractivity contribution in [3.05, 3.63) is 52.4 Å². The first-order valence-corrected chi connectivity index (χ1v) is 6.48. The van der Waals surface area contributed by atoms with Gasteiger partial charge in [0.05, 0.1) is 17.4 Å². The zero-order chi connectivity index (χ0) is 15.0. The van der Waals surface area contributed by atoms with Gasteiger partial charge in [0, 0.05) is 17.0 Å². The molecule has 0 radical (unpaired) electrons. The zero-order valence-corrected chi connectivity index (χ0v) is 11.3. The molecule has 0 saturated heterocycles. The summed E-state index contributed by atoms with van der Waals surface area (Å²) in [6.45, 7) is 1.87. The number of carbonyl (C=O) groups is 1. The summed E-state index contributed by atoms with van der Waals surface area (Å²) in [4.78, 5) is 27.0. The van der Waals surface area contributed by atoms with E-state index in [1.54, 1.807) is 25.1 Å². The topological polar surface area (TPSA) is 83.3 Å². The number of rotatable bonds is 2. The van der Waals surface area contributed by atoms with Crippen molar-refractivity contribution in [2.45, 2.75) is 6.92 Å². The molecule has 0 fully saturated rings. The minimum atomic E-state index is -0.661. The number of nitrogens with one attached hydrogen (secondary N) is 1. The quantitative estimate of drug-likeness (QED) is 0.322. The number of nitrogens with zero attached hydrogens (tertiary/aromatic N) is 1. The average molecular weight is 285 g/mol. The molecule has 6 heteroatoms. The maximum absolute atomic E-state index is 12.4. The van der Waals surface area contributed by atoms with E-state index in [1.165, 1.54) is 12.4 Å². The van der Waals surface area contributed by atoms with E-state index < -0.39 is 11.4 Å². The normalized spacial score (nSPS) is 10.9. The summed E-state index contributed by atoms with van der Waals surface area (Å²) in [6.07, 6.45) is 2.79. The molecule has 0 aliphatic rings. The minimum Gasteiger partial charge on any atom is -0.462 e. The number of pyridine rings is 2. The van der Waals surface area contributed by atoms with Crippen LogP contribution in [0.5, 0.6) is 0 Å². The van der Waals surface area contributed by atoms with Crippen LogP contribution in [0, 0.1) is 0 Å². The van der Waals surface area contributed by atoms with E-state index in [4.69, 9.17) is 4.74 Å². The van der Waals surface area contributed by atoms with Gasteiger partial charge in [-0.1, -0.05) is 0 Å². The summed E-state index contributed by atoms with van der Waals surface area (Å²) in [5, 5.41) is 11.0. The van der Waals surface area contributed by atoms with Gasteiger partial charge in [-0.25, -0.2) is 4.79 Å². The van der Waals surface area contributed by atoms with Gasteiger partial charge in [0.25, 0.3) is 5.52 Å². The van der Waals surface area contributed by atoms with Crippen LogP contribution in [0.25, 0.3) is 21.8 Å². The van der Waals surface area contributed by atoms with Crippen LogP contribution in [0.3, 0.4) is 0 Å². The van der Waals surface area contributed by atoms with Gasteiger partial charge in [-0.15, -0.1) is 0 Å². The van der Waals surface area contributed by atoms with Crippen LogP contribution in [-0.4, -0.2) is 22.8 Å². The second kappa shape index (κ2) is 4.90. The minimum absolute atomic E-state index is 0.0517. The largest absolute Gasteiger partial charge is 0.462 e. The summed E-state index contributed by atoms with van der Waals surface area (Å²) >= 11 is 0. The monoisotopic (exact) mass is 285 g/mol. The van der Waals surface area contributed by atoms with Gasteiger partial charge in [-0.3, -0.25) is 10.0 Å². The number of ether oxygens (including phenoxy) is 1. The van der Waals surface area contributed by atoms with Crippen molar-refractivity contribution in [3.63, 3.8) is 0 Å². The number of fused-ring (bicyclic) bond motifs is 3. The molecule has 6 nitrogen and oxygen atoms in total. The second-order valence-electron chi connectivity index (χ2n) is 4.53. The lowest BCUT2D eigenvalue weighted by molar-refractivity contribution is -0.884. The number of benzene rings is 1. The van der Waals surface area contributed by atoms with Gasteiger partial charge in [-0.2, -0.15) is 0 Å². The Morgan fingerprint density at radius 3 is 2.95 bits per heavy atom. The smallest absolute Gasteiger partial charge is 0.343 e. The van der Waals surface area contributed by atoms with Gasteiger partial charge in [0.15, 0.2) is 0 Å². The molecule has 0 aliphatic heterocycles. The Balaban J connectivity index is 2.36. The number of H-pyrrole nitrogens is 1. The molecule has 0 bridgehead atoms. The predicted molar refractivity (Wildman–Crippen MR) is 75.4 cm³/mol. The fourth-order valence-corrected chi connectivity index (χ4v) is 2.34. The van der Waals surface area contributed by atoms with Crippen molar-refractivity contribution in [1.82, 2.24) is 4.98 Å². The summed E-state index contributed by atoms with van der Waals surface area (Å²) in [6, 6.07) is 6.85. The van der Waals surface area contributed by atoms with E-state index in [0.717, 1.165) is 10.1 Å². The third kappa shape index (κ3) is 2.01. The number of hydrogen-bond acceptors (Lipinski definition) is 4. The molecular weight excluding hydrogens is 272 g/mol. The maximum Gasteiger partial charge on any atom is 0.343 e. The van der Waals surface area contributed by atoms with Gasteiger partial charge in [0.1, 0.15) is 11.1 Å². The Morgan fingerprint density at radius 2 is 2.19 bits per heavy atom. The van der Waals surface area contributed by atoms with Crippen LogP contribution in [0.1, 0.15) is 17.3 Å². The van der Waals surface area contributed by atoms with Crippen molar-refractivity contribution in [1.29, 1.82) is 0 Å². The van der Waals surface area contributed by atoms with Crippen LogP contribution in [0.15, 0.2) is 41.5 Å². The van der Waals surface area contributed by atoms with Gasteiger partial charge < -0.3 is 9.72 Å². The molecule has 0 amide bonds. The zero-order valence-electron chi connectivity index (χ0n) is 11.3. The summed E-state index contributed by atoms with van der Waals surface area (Å²) < 4.78 is 5.80. The van der Waals surface area contributed by atoms with Crippen LogP contribution in [0.4, 0.5) is 0 Å². The highest BCUT2D eigenvalue weighted by Gasteiger charge is 2.19. The Morgan fingerprint density at radius 1 is 1.38 bits per heavy atom. The average Bonchev–Trinajstić information content (AvgIpc) is 2.47. The Bertz CT molecular complexity index is 915. The third-order valence-corrected chi connectivity index (χ3v) is 3.29. The van der Waals surface area contributed by atoms with Gasteiger partial charge in [-0.05, 0) is 25.1 Å². The molecule has 0 spiro atoms. The molecule has 0 atom stereocenters. The first kappa shape index (κ1) is 13.1. The summed E-state index contributed by atoms with van der Waals surface area (Å²) in [7, 11) is 0. The molecule has 2 N–H and O–H groups in total. The lowest BCUT2D eigenvalue weighted by Gasteiger charge is -2.04. The predicted octanol–water partition coefficient (Wildman–Crippen LogP) is 1.38. The number of carbonyl (C=O) groups excluding carboxylic acids is 1. The van der Waals surface area contributed by atoms with E-state index in [1.807, 2.05) is 6.07 Å². The van der Waals surface area contributed by atoms with E-state index in [0.29, 0.717) is 16.4 Å². The fourth-order valence-electron chi connectivity index (χ4n) is 2.34. The maximum atomic E-state index is 12.4.